The normalized spacial score (nSPS) is 16.4. The van der Waals surface area contributed by atoms with Gasteiger partial charge in [-0.05, 0) is 25.7 Å². The molecule has 0 unspecified atom stereocenters. The summed E-state index contributed by atoms with van der Waals surface area (Å²) in [6.45, 7) is 0.725. The Morgan fingerprint density at radius 1 is 1.18 bits per heavy atom. The maximum Gasteiger partial charge on any atom is 0.433 e. The minimum Gasteiger partial charge on any atom is -0.450 e. The fourth-order valence-electron chi connectivity index (χ4n) is 4.91. The third-order valence-electron chi connectivity index (χ3n) is 7.47. The molecule has 1 aliphatic carbocycles. The summed E-state index contributed by atoms with van der Waals surface area (Å²) in [5, 5.41) is 7.20. The molecule has 4 aromatic heterocycles. The van der Waals surface area contributed by atoms with Crippen molar-refractivity contribution in [2.75, 3.05) is 30.5 Å². The highest BCUT2D eigenvalue weighted by Gasteiger charge is 2.38. The number of alkyl halides is 3. The van der Waals surface area contributed by atoms with Crippen molar-refractivity contribution < 1.29 is 27.4 Å². The Morgan fingerprint density at radius 3 is 2.57 bits per heavy atom. The molecule has 13 nitrogen and oxygen atoms in total. The number of carbonyl (C=O) groups excluding carboxylic acids is 1. The van der Waals surface area contributed by atoms with Gasteiger partial charge in [0.1, 0.15) is 21.9 Å². The molecule has 1 saturated heterocycles. The van der Waals surface area contributed by atoms with E-state index in [0.717, 1.165) is 23.6 Å². The second-order valence-corrected chi connectivity index (χ2v) is 10.9. The first-order valence-corrected chi connectivity index (χ1v) is 14.1. The molecule has 0 aromatic carbocycles. The van der Waals surface area contributed by atoms with Crippen LogP contribution in [0.5, 0.6) is 5.75 Å². The summed E-state index contributed by atoms with van der Waals surface area (Å²) in [7, 11) is 3.27. The number of nitrogens with zero attached hydrogens (tertiary/aromatic N) is 8. The molecule has 4 aromatic rings. The molecule has 0 atom stereocenters. The molecule has 44 heavy (non-hydrogen) atoms. The number of pyridine rings is 1. The van der Waals surface area contributed by atoms with Gasteiger partial charge in [-0.1, -0.05) is 11.6 Å². The monoisotopic (exact) mass is 632 g/mol. The summed E-state index contributed by atoms with van der Waals surface area (Å²) < 4.78 is 55.3. The average Bonchev–Trinajstić information content (AvgIpc) is 3.70. The first-order chi connectivity index (χ1) is 21.0. The molecule has 5 heterocycles. The molecule has 1 saturated carbocycles. The lowest BCUT2D eigenvalue weighted by molar-refractivity contribution is -0.145. The lowest BCUT2D eigenvalue weighted by atomic mass is 10.1. The van der Waals surface area contributed by atoms with Gasteiger partial charge < -0.3 is 25.1 Å². The number of carbonyl (C=O) groups is 1. The Balaban J connectivity index is 1.23. The third-order valence-corrected chi connectivity index (χ3v) is 7.84. The van der Waals surface area contributed by atoms with E-state index >= 15 is 0 Å². The highest BCUT2D eigenvalue weighted by molar-refractivity contribution is 6.36. The van der Waals surface area contributed by atoms with Crippen molar-refractivity contribution in [3.05, 3.63) is 47.3 Å². The lowest BCUT2D eigenvalue weighted by Gasteiger charge is -2.24. The predicted molar refractivity (Wildman–Crippen MR) is 154 cm³/mol. The van der Waals surface area contributed by atoms with Gasteiger partial charge in [0.05, 0.1) is 24.6 Å². The molecular weight excluding hydrogens is 605 g/mol. The lowest BCUT2D eigenvalue weighted by Crippen LogP contribution is -2.28. The van der Waals surface area contributed by atoms with Crippen molar-refractivity contribution in [3.8, 4) is 5.75 Å². The van der Waals surface area contributed by atoms with Crippen LogP contribution in [-0.4, -0.2) is 60.5 Å². The topological polar surface area (TPSA) is 151 Å². The van der Waals surface area contributed by atoms with E-state index in [4.69, 9.17) is 26.8 Å². The predicted octanol–water partition coefficient (Wildman–Crippen LogP) is 4.43. The third kappa shape index (κ3) is 5.74. The van der Waals surface area contributed by atoms with Crippen LogP contribution in [0.2, 0.25) is 5.02 Å². The molecule has 0 bridgehead atoms. The second-order valence-electron chi connectivity index (χ2n) is 10.5. The number of nitrogens with one attached hydrogen (secondary N) is 1. The standard InChI is InChI=1S/C27H28ClF3N10O3/c1-39(25(42)14-3-4-14)21-13-33-16(11-34-21)17(10-32)44-18-12-35-24-23(22(18)28)40(2)26(37-24)36-20-9-19(27(29,30)31)41(38-20)15-5-7-43-8-6-15/h9-15H,3-8,32H2,1-2H3,(H,35,36,37,38). The molecule has 2 aliphatic rings. The zero-order valence-corrected chi connectivity index (χ0v) is 24.4. The van der Waals surface area contributed by atoms with E-state index in [9.17, 15) is 18.0 Å². The number of aromatic nitrogens is 7. The van der Waals surface area contributed by atoms with E-state index in [0.29, 0.717) is 37.4 Å². The number of nitrogens with two attached hydrogens (primary N) is 1. The van der Waals surface area contributed by atoms with E-state index in [1.54, 1.807) is 14.1 Å². The molecule has 6 rings (SSSR count). The van der Waals surface area contributed by atoms with Gasteiger partial charge in [0.25, 0.3) is 0 Å². The van der Waals surface area contributed by atoms with Crippen LogP contribution in [0.3, 0.4) is 0 Å². The molecule has 1 amide bonds. The van der Waals surface area contributed by atoms with E-state index in [1.807, 2.05) is 0 Å². The zero-order valence-electron chi connectivity index (χ0n) is 23.7. The van der Waals surface area contributed by atoms with E-state index in [2.05, 4.69) is 30.4 Å². The van der Waals surface area contributed by atoms with Gasteiger partial charge in [0.15, 0.2) is 28.8 Å². The molecule has 2 fully saturated rings. The Hall–Kier alpha value is -4.44. The molecular formula is C27H28ClF3N10O3. The van der Waals surface area contributed by atoms with Gasteiger partial charge >= 0.3 is 6.18 Å². The Labute approximate surface area is 253 Å². The highest BCUT2D eigenvalue weighted by atomic mass is 35.5. The first kappa shape index (κ1) is 29.6. The molecule has 0 spiro atoms. The fourth-order valence-corrected chi connectivity index (χ4v) is 5.21. The number of ether oxygens (including phenoxy) is 2. The Bertz CT molecular complexity index is 1730. The van der Waals surface area contributed by atoms with Crippen molar-refractivity contribution in [2.24, 2.45) is 18.7 Å². The smallest absolute Gasteiger partial charge is 0.433 e. The van der Waals surface area contributed by atoms with Crippen molar-refractivity contribution in [1.29, 1.82) is 0 Å². The largest absolute Gasteiger partial charge is 0.450 e. The quantitative estimate of drug-likeness (QED) is 0.267. The minimum absolute atomic E-state index is 0.0115. The fraction of sp³-hybridized carbons (Fsp3) is 0.407. The Morgan fingerprint density at radius 2 is 1.93 bits per heavy atom. The van der Waals surface area contributed by atoms with E-state index < -0.39 is 17.9 Å². The van der Waals surface area contributed by atoms with Gasteiger partial charge in [-0.15, -0.1) is 0 Å². The number of hydrogen-bond acceptors (Lipinski definition) is 10. The minimum atomic E-state index is -4.60. The van der Waals surface area contributed by atoms with Crippen LogP contribution in [0.25, 0.3) is 16.9 Å². The zero-order chi connectivity index (χ0) is 31.2. The summed E-state index contributed by atoms with van der Waals surface area (Å²) in [5.74, 6) is 0.791. The van der Waals surface area contributed by atoms with Crippen molar-refractivity contribution in [1.82, 2.24) is 34.3 Å². The van der Waals surface area contributed by atoms with Gasteiger partial charge in [-0.2, -0.15) is 23.3 Å². The number of anilines is 3. The van der Waals surface area contributed by atoms with E-state index in [1.165, 1.54) is 34.3 Å². The number of aryl methyl sites for hydroxylation is 1. The van der Waals surface area contributed by atoms with Crippen LogP contribution in [0.4, 0.5) is 30.8 Å². The summed E-state index contributed by atoms with van der Waals surface area (Å²) in [4.78, 5) is 31.1. The maximum absolute atomic E-state index is 13.9. The highest BCUT2D eigenvalue weighted by Crippen LogP contribution is 2.38. The number of rotatable bonds is 8. The second kappa shape index (κ2) is 11.6. The van der Waals surface area contributed by atoms with Gasteiger partial charge in [0, 0.05) is 45.5 Å². The van der Waals surface area contributed by atoms with Crippen LogP contribution in [-0.2, 0) is 22.8 Å². The van der Waals surface area contributed by atoms with Crippen LogP contribution >= 0.6 is 11.6 Å². The van der Waals surface area contributed by atoms with E-state index in [-0.39, 0.29) is 51.5 Å². The van der Waals surface area contributed by atoms with Crippen LogP contribution in [0.1, 0.15) is 43.1 Å². The summed E-state index contributed by atoms with van der Waals surface area (Å²) in [5.41, 5.74) is 5.81. The number of fused-ring (bicyclic) bond motifs is 1. The van der Waals surface area contributed by atoms with Gasteiger partial charge in [-0.3, -0.25) is 14.4 Å². The van der Waals surface area contributed by atoms with Crippen molar-refractivity contribution in [3.63, 3.8) is 0 Å². The average molecular weight is 633 g/mol. The van der Waals surface area contributed by atoms with Crippen molar-refractivity contribution in [2.45, 2.75) is 37.9 Å². The molecule has 0 radical (unpaired) electrons. The molecule has 3 N–H and O–H groups in total. The van der Waals surface area contributed by atoms with Gasteiger partial charge in [0.2, 0.25) is 11.9 Å². The Kier molecular flexibility index (Phi) is 7.79. The molecule has 17 heteroatoms. The maximum atomic E-state index is 13.9. The van der Waals surface area contributed by atoms with Gasteiger partial charge in [-0.25, -0.2) is 15.0 Å². The number of hydrogen-bond donors (Lipinski definition) is 2. The molecule has 1 aliphatic heterocycles. The van der Waals surface area contributed by atoms with Crippen LogP contribution in [0.15, 0.2) is 30.9 Å². The first-order valence-electron chi connectivity index (χ1n) is 13.8. The summed E-state index contributed by atoms with van der Waals surface area (Å²) in [6.07, 6.45) is 3.38. The number of imidazole rings is 1. The summed E-state index contributed by atoms with van der Waals surface area (Å²) >= 11 is 6.70. The summed E-state index contributed by atoms with van der Waals surface area (Å²) in [6, 6.07) is 0.506. The number of amides is 1. The van der Waals surface area contributed by atoms with Crippen LogP contribution in [0, 0.1) is 5.92 Å². The van der Waals surface area contributed by atoms with Crippen molar-refractivity contribution >= 4 is 52.0 Å². The SMILES string of the molecule is CN(C(=O)C1CC1)c1cnc(C(=CN)Oc2cnc3nc(Nc4cc(C(F)(F)F)n(C5CCOCC5)n4)n(C)c3c2Cl)cn1. The molecule has 232 valence electrons. The van der Waals surface area contributed by atoms with Crippen LogP contribution < -0.4 is 20.7 Å². The number of halogens is 4.